The summed E-state index contributed by atoms with van der Waals surface area (Å²) in [6.07, 6.45) is -0.0861. The third kappa shape index (κ3) is 5.26. The minimum absolute atomic E-state index is 0.0253. The first-order valence-corrected chi connectivity index (χ1v) is 10.9. The molecule has 8 heteroatoms. The van der Waals surface area contributed by atoms with Gasteiger partial charge in [0.15, 0.2) is 0 Å². The van der Waals surface area contributed by atoms with Crippen LogP contribution in [0.4, 0.5) is 4.39 Å². The third-order valence-electron chi connectivity index (χ3n) is 5.98. The van der Waals surface area contributed by atoms with Crippen LogP contribution in [-0.4, -0.2) is 92.1 Å². The number of halogens is 1. The number of morpholine rings is 1. The lowest BCUT2D eigenvalue weighted by molar-refractivity contribution is -0.0399. The van der Waals surface area contributed by atoms with Crippen LogP contribution in [0, 0.1) is 5.82 Å². The number of ether oxygens (including phenoxy) is 2. The van der Waals surface area contributed by atoms with Crippen molar-refractivity contribution in [1.82, 2.24) is 14.7 Å². The molecule has 1 atom stereocenters. The highest BCUT2D eigenvalue weighted by Gasteiger charge is 2.29. The molecule has 2 saturated heterocycles. The van der Waals surface area contributed by atoms with Gasteiger partial charge in [-0.25, -0.2) is 4.39 Å². The van der Waals surface area contributed by atoms with Gasteiger partial charge in [0.25, 0.3) is 11.8 Å². The molecule has 0 saturated carbocycles. The van der Waals surface area contributed by atoms with Gasteiger partial charge in [0.1, 0.15) is 11.6 Å². The maximum Gasteiger partial charge on any atom is 0.254 e. The quantitative estimate of drug-likeness (QED) is 0.712. The molecule has 2 aromatic rings. The van der Waals surface area contributed by atoms with Crippen molar-refractivity contribution >= 4 is 11.8 Å². The van der Waals surface area contributed by atoms with E-state index in [4.69, 9.17) is 9.47 Å². The molecule has 1 unspecified atom stereocenters. The zero-order chi connectivity index (χ0) is 22.5. The molecule has 7 nitrogen and oxygen atoms in total. The fourth-order valence-electron chi connectivity index (χ4n) is 4.13. The second-order valence-corrected chi connectivity index (χ2v) is 8.07. The van der Waals surface area contributed by atoms with Gasteiger partial charge in [-0.05, 0) is 48.5 Å². The summed E-state index contributed by atoms with van der Waals surface area (Å²) in [6, 6.07) is 12.8. The van der Waals surface area contributed by atoms with E-state index in [9.17, 15) is 14.0 Å². The Morgan fingerprint density at radius 3 is 2.12 bits per heavy atom. The number of amides is 2. The summed E-state index contributed by atoms with van der Waals surface area (Å²) in [5.41, 5.74) is 1.14. The molecule has 0 spiro atoms. The minimum Gasteiger partial charge on any atom is -0.497 e. The largest absolute Gasteiger partial charge is 0.497 e. The number of methoxy groups -OCH3 is 1. The van der Waals surface area contributed by atoms with E-state index in [1.54, 1.807) is 36.3 Å². The Morgan fingerprint density at radius 2 is 1.50 bits per heavy atom. The Hall–Kier alpha value is -2.97. The predicted molar refractivity (Wildman–Crippen MR) is 117 cm³/mol. The van der Waals surface area contributed by atoms with Gasteiger partial charge in [-0.15, -0.1) is 0 Å². The van der Waals surface area contributed by atoms with Gasteiger partial charge in [-0.3, -0.25) is 14.5 Å². The normalized spacial score (nSPS) is 19.6. The van der Waals surface area contributed by atoms with Crippen molar-refractivity contribution in [3.8, 4) is 5.75 Å². The van der Waals surface area contributed by atoms with E-state index < -0.39 is 0 Å². The van der Waals surface area contributed by atoms with Crippen molar-refractivity contribution in [3.63, 3.8) is 0 Å². The molecule has 0 N–H and O–H groups in total. The van der Waals surface area contributed by atoms with Crippen LogP contribution in [0.15, 0.2) is 48.5 Å². The first-order valence-electron chi connectivity index (χ1n) is 10.9. The molecular weight excluding hydrogens is 413 g/mol. The first kappa shape index (κ1) is 22.2. The molecule has 32 heavy (non-hydrogen) atoms. The number of piperazine rings is 1. The average molecular weight is 442 g/mol. The van der Waals surface area contributed by atoms with Crippen molar-refractivity contribution in [1.29, 1.82) is 0 Å². The summed E-state index contributed by atoms with van der Waals surface area (Å²) < 4.78 is 24.2. The van der Waals surface area contributed by atoms with Crippen LogP contribution in [0.5, 0.6) is 5.75 Å². The Kier molecular flexibility index (Phi) is 7.02. The molecule has 2 fully saturated rings. The molecule has 2 heterocycles. The number of nitrogens with zero attached hydrogens (tertiary/aromatic N) is 3. The summed E-state index contributed by atoms with van der Waals surface area (Å²) in [7, 11) is 1.60. The summed E-state index contributed by atoms with van der Waals surface area (Å²) in [5.74, 6) is 0.294. The lowest BCUT2D eigenvalue weighted by atomic mass is 10.1. The molecule has 2 amide bonds. The summed E-state index contributed by atoms with van der Waals surface area (Å²) in [5, 5.41) is 0. The molecule has 0 aliphatic carbocycles. The molecule has 170 valence electrons. The van der Waals surface area contributed by atoms with Crippen LogP contribution in [0.3, 0.4) is 0 Å². The Morgan fingerprint density at radius 1 is 0.906 bits per heavy atom. The van der Waals surface area contributed by atoms with Crippen molar-refractivity contribution in [3.05, 3.63) is 65.5 Å². The topological polar surface area (TPSA) is 62.3 Å². The maximum atomic E-state index is 13.1. The van der Waals surface area contributed by atoms with Gasteiger partial charge < -0.3 is 19.3 Å². The molecule has 2 aliphatic heterocycles. The summed E-state index contributed by atoms with van der Waals surface area (Å²) in [6.45, 7) is 5.02. The van der Waals surface area contributed by atoms with Gasteiger partial charge in [0.2, 0.25) is 0 Å². The van der Waals surface area contributed by atoms with Gasteiger partial charge >= 0.3 is 0 Å². The monoisotopic (exact) mass is 441 g/mol. The predicted octanol–water partition coefficient (Wildman–Crippen LogP) is 2.13. The standard InChI is InChI=1S/C24H28FN3O4/c1-31-21-8-4-19(5-9-21)23(29)27-12-10-26(11-13-27)16-22-17-28(14-15-32-22)24(30)18-2-6-20(25)7-3-18/h2-9,22H,10-17H2,1H3. The van der Waals surface area contributed by atoms with Crippen molar-refractivity contribution in [2.45, 2.75) is 6.10 Å². The molecule has 2 aliphatic rings. The van der Waals surface area contributed by atoms with E-state index in [0.717, 1.165) is 18.8 Å². The van der Waals surface area contributed by atoms with E-state index in [0.29, 0.717) is 50.5 Å². The third-order valence-corrected chi connectivity index (χ3v) is 5.98. The number of carbonyl (C=O) groups is 2. The fraction of sp³-hybridized carbons (Fsp3) is 0.417. The second-order valence-electron chi connectivity index (χ2n) is 8.07. The highest BCUT2D eigenvalue weighted by Crippen LogP contribution is 2.16. The molecule has 0 radical (unpaired) electrons. The zero-order valence-electron chi connectivity index (χ0n) is 18.2. The number of hydrogen-bond donors (Lipinski definition) is 0. The molecule has 2 aromatic carbocycles. The smallest absolute Gasteiger partial charge is 0.254 e. The van der Waals surface area contributed by atoms with E-state index in [-0.39, 0.29) is 23.7 Å². The highest BCUT2D eigenvalue weighted by atomic mass is 19.1. The summed E-state index contributed by atoms with van der Waals surface area (Å²) >= 11 is 0. The van der Waals surface area contributed by atoms with Gasteiger partial charge in [-0.1, -0.05) is 0 Å². The number of carbonyl (C=O) groups excluding carboxylic acids is 2. The number of hydrogen-bond acceptors (Lipinski definition) is 5. The Labute approximate surface area is 187 Å². The van der Waals surface area contributed by atoms with E-state index in [1.807, 2.05) is 4.90 Å². The van der Waals surface area contributed by atoms with Crippen molar-refractivity contribution in [2.75, 3.05) is 59.5 Å². The van der Waals surface area contributed by atoms with Crippen LogP contribution < -0.4 is 4.74 Å². The van der Waals surface area contributed by atoms with Crippen LogP contribution in [-0.2, 0) is 4.74 Å². The average Bonchev–Trinajstić information content (AvgIpc) is 2.84. The Balaban J connectivity index is 1.26. The SMILES string of the molecule is COc1ccc(C(=O)N2CCN(CC3CN(C(=O)c4ccc(F)cc4)CCO3)CC2)cc1. The second kappa shape index (κ2) is 10.1. The van der Waals surface area contributed by atoms with Gasteiger partial charge in [0.05, 0.1) is 19.8 Å². The zero-order valence-corrected chi connectivity index (χ0v) is 18.2. The first-order chi connectivity index (χ1) is 15.5. The van der Waals surface area contributed by atoms with Crippen LogP contribution in [0.2, 0.25) is 0 Å². The molecule has 4 rings (SSSR count). The van der Waals surface area contributed by atoms with Gasteiger partial charge in [-0.2, -0.15) is 0 Å². The molecule has 0 bridgehead atoms. The van der Waals surface area contributed by atoms with Crippen molar-refractivity contribution in [2.24, 2.45) is 0 Å². The van der Waals surface area contributed by atoms with Crippen LogP contribution in [0.25, 0.3) is 0 Å². The molecular formula is C24H28FN3O4. The lowest BCUT2D eigenvalue weighted by Gasteiger charge is -2.39. The number of benzene rings is 2. The van der Waals surface area contributed by atoms with Crippen LogP contribution >= 0.6 is 0 Å². The lowest BCUT2D eigenvalue weighted by Crippen LogP contribution is -2.54. The number of rotatable bonds is 5. The molecule has 0 aromatic heterocycles. The van der Waals surface area contributed by atoms with Crippen molar-refractivity contribution < 1.29 is 23.5 Å². The fourth-order valence-corrected chi connectivity index (χ4v) is 4.13. The van der Waals surface area contributed by atoms with Gasteiger partial charge in [0, 0.05) is 56.9 Å². The van der Waals surface area contributed by atoms with E-state index >= 15 is 0 Å². The van der Waals surface area contributed by atoms with Crippen LogP contribution in [0.1, 0.15) is 20.7 Å². The van der Waals surface area contributed by atoms with E-state index in [1.165, 1.54) is 24.3 Å². The van der Waals surface area contributed by atoms with E-state index in [2.05, 4.69) is 4.90 Å². The maximum absolute atomic E-state index is 13.1. The summed E-state index contributed by atoms with van der Waals surface area (Å²) in [4.78, 5) is 31.4. The minimum atomic E-state index is -0.356. The Bertz CT molecular complexity index is 927. The highest BCUT2D eigenvalue weighted by molar-refractivity contribution is 5.94.